The van der Waals surface area contributed by atoms with Gasteiger partial charge in [0, 0.05) is 10.6 Å². The predicted molar refractivity (Wildman–Crippen MR) is 104 cm³/mol. The molecule has 2 aromatic carbocycles. The Bertz CT molecular complexity index is 934. The maximum atomic E-state index is 12.0. The average Bonchev–Trinajstić information content (AvgIpc) is 2.91. The first-order valence-electron chi connectivity index (χ1n) is 7.90. The molecule has 0 unspecified atom stereocenters. The van der Waals surface area contributed by atoms with E-state index in [1.165, 1.54) is 6.21 Å². The van der Waals surface area contributed by atoms with Gasteiger partial charge >= 0.3 is 0 Å². The van der Waals surface area contributed by atoms with E-state index in [1.54, 1.807) is 28.9 Å². The molecule has 7 heteroatoms. The monoisotopic (exact) mass is 386 g/mol. The molecule has 1 heterocycles. The van der Waals surface area contributed by atoms with Crippen LogP contribution in [-0.2, 0) is 6.54 Å². The summed E-state index contributed by atoms with van der Waals surface area (Å²) in [5, 5.41) is 9.56. The van der Waals surface area contributed by atoms with E-state index in [9.17, 15) is 4.79 Å². The van der Waals surface area contributed by atoms with Crippen molar-refractivity contribution in [2.45, 2.75) is 13.5 Å². The van der Waals surface area contributed by atoms with Gasteiger partial charge in [0.05, 0.1) is 24.0 Å². The summed E-state index contributed by atoms with van der Waals surface area (Å²) in [6, 6.07) is 16.3. The molecule has 3 rings (SSSR count). The lowest BCUT2D eigenvalue weighted by Gasteiger charge is -2.03. The highest BCUT2D eigenvalue weighted by atomic mass is 35.5. The van der Waals surface area contributed by atoms with Crippen LogP contribution in [0.25, 0.3) is 0 Å². The Balaban J connectivity index is 1.71. The first-order valence-corrected chi connectivity index (χ1v) is 8.66. The summed E-state index contributed by atoms with van der Waals surface area (Å²) in [6.45, 7) is 2.35. The second kappa shape index (κ2) is 8.17. The van der Waals surface area contributed by atoms with Gasteiger partial charge in [-0.1, -0.05) is 53.5 Å². The van der Waals surface area contributed by atoms with Gasteiger partial charge in [-0.15, -0.1) is 0 Å². The van der Waals surface area contributed by atoms with Gasteiger partial charge < -0.3 is 0 Å². The smallest absolute Gasteiger partial charge is 0.267 e. The van der Waals surface area contributed by atoms with E-state index in [2.05, 4.69) is 15.6 Å². The molecule has 0 radical (unpaired) electrons. The normalized spacial score (nSPS) is 11.0. The lowest BCUT2D eigenvalue weighted by Crippen LogP contribution is -2.17. The van der Waals surface area contributed by atoms with Crippen LogP contribution in [0.3, 0.4) is 0 Å². The summed E-state index contributed by atoms with van der Waals surface area (Å²) in [5.74, 6) is -0.288. The Kier molecular flexibility index (Phi) is 5.71. The van der Waals surface area contributed by atoms with Gasteiger partial charge in [0.1, 0.15) is 5.15 Å². The number of nitrogens with zero attached hydrogens (tertiary/aromatic N) is 3. The van der Waals surface area contributed by atoms with Crippen LogP contribution in [0.1, 0.15) is 27.2 Å². The molecule has 1 amide bonds. The van der Waals surface area contributed by atoms with Crippen LogP contribution in [-0.4, -0.2) is 21.9 Å². The van der Waals surface area contributed by atoms with Crippen molar-refractivity contribution >= 4 is 35.3 Å². The van der Waals surface area contributed by atoms with Crippen molar-refractivity contribution in [2.75, 3.05) is 0 Å². The number of rotatable bonds is 5. The van der Waals surface area contributed by atoms with Gasteiger partial charge in [0.15, 0.2) is 0 Å². The predicted octanol–water partition coefficient (Wildman–Crippen LogP) is 4.31. The van der Waals surface area contributed by atoms with E-state index in [-0.39, 0.29) is 5.91 Å². The standard InChI is InChI=1S/C19H16Cl2N4O/c1-13-17(11-22-23-19(26)15-5-3-2-4-6-15)18(21)25(24-13)12-14-7-9-16(20)10-8-14/h2-11H,12H2,1H3,(H,23,26)/b22-11-. The topological polar surface area (TPSA) is 59.3 Å². The Labute approximate surface area is 161 Å². The number of halogens is 2. The fourth-order valence-corrected chi connectivity index (χ4v) is 2.80. The molecule has 0 aliphatic carbocycles. The Morgan fingerprint density at radius 2 is 1.85 bits per heavy atom. The lowest BCUT2D eigenvalue weighted by molar-refractivity contribution is 0.0955. The summed E-state index contributed by atoms with van der Waals surface area (Å²) >= 11 is 12.3. The molecule has 5 nitrogen and oxygen atoms in total. The van der Waals surface area contributed by atoms with Gasteiger partial charge in [-0.3, -0.25) is 4.79 Å². The van der Waals surface area contributed by atoms with Crippen molar-refractivity contribution < 1.29 is 4.79 Å². The van der Waals surface area contributed by atoms with Crippen LogP contribution < -0.4 is 5.43 Å². The van der Waals surface area contributed by atoms with Crippen LogP contribution in [0.15, 0.2) is 59.7 Å². The van der Waals surface area contributed by atoms with E-state index in [0.29, 0.717) is 27.8 Å². The molecule has 0 saturated heterocycles. The van der Waals surface area contributed by atoms with Gasteiger partial charge in [0.25, 0.3) is 5.91 Å². The lowest BCUT2D eigenvalue weighted by atomic mass is 10.2. The minimum absolute atomic E-state index is 0.288. The zero-order chi connectivity index (χ0) is 18.5. The van der Waals surface area contributed by atoms with Gasteiger partial charge in [-0.05, 0) is 36.8 Å². The van der Waals surface area contributed by atoms with Crippen molar-refractivity contribution in [1.29, 1.82) is 0 Å². The van der Waals surface area contributed by atoms with Crippen LogP contribution in [0.5, 0.6) is 0 Å². The number of nitrogens with one attached hydrogen (secondary N) is 1. The third-order valence-electron chi connectivity index (χ3n) is 3.75. The maximum Gasteiger partial charge on any atom is 0.271 e. The Morgan fingerprint density at radius 3 is 2.54 bits per heavy atom. The SMILES string of the molecule is Cc1nn(Cc2ccc(Cl)cc2)c(Cl)c1/C=N\NC(=O)c1ccccc1. The number of carbonyl (C=O) groups excluding carboxylic acids is 1. The van der Waals surface area contributed by atoms with Crippen LogP contribution in [0, 0.1) is 6.92 Å². The van der Waals surface area contributed by atoms with E-state index in [1.807, 2.05) is 37.3 Å². The number of aromatic nitrogens is 2. The number of hydrazone groups is 1. The Hall–Kier alpha value is -2.63. The number of amides is 1. The minimum atomic E-state index is -0.288. The molecule has 1 aromatic heterocycles. The maximum absolute atomic E-state index is 12.0. The minimum Gasteiger partial charge on any atom is -0.267 e. The number of hydrogen-bond acceptors (Lipinski definition) is 3. The summed E-state index contributed by atoms with van der Waals surface area (Å²) in [4.78, 5) is 12.0. The Morgan fingerprint density at radius 1 is 1.15 bits per heavy atom. The van der Waals surface area contributed by atoms with E-state index in [0.717, 1.165) is 11.3 Å². The third-order valence-corrected chi connectivity index (χ3v) is 4.40. The van der Waals surface area contributed by atoms with Crippen molar-refractivity contribution in [1.82, 2.24) is 15.2 Å². The highest BCUT2D eigenvalue weighted by molar-refractivity contribution is 6.32. The fraction of sp³-hybridized carbons (Fsp3) is 0.105. The second-order valence-corrected chi connectivity index (χ2v) is 6.43. The van der Waals surface area contributed by atoms with E-state index < -0.39 is 0 Å². The molecule has 0 saturated carbocycles. The summed E-state index contributed by atoms with van der Waals surface area (Å²) in [6.07, 6.45) is 1.50. The van der Waals surface area contributed by atoms with Crippen LogP contribution in [0.4, 0.5) is 0 Å². The summed E-state index contributed by atoms with van der Waals surface area (Å²) in [7, 11) is 0. The molecular weight excluding hydrogens is 371 g/mol. The summed E-state index contributed by atoms with van der Waals surface area (Å²) in [5.41, 5.74) is 5.43. The van der Waals surface area contributed by atoms with Crippen molar-refractivity contribution in [3.63, 3.8) is 0 Å². The zero-order valence-corrected chi connectivity index (χ0v) is 15.5. The zero-order valence-electron chi connectivity index (χ0n) is 14.0. The highest BCUT2D eigenvalue weighted by Gasteiger charge is 2.12. The molecule has 26 heavy (non-hydrogen) atoms. The van der Waals surface area contributed by atoms with Crippen molar-refractivity contribution in [2.24, 2.45) is 5.10 Å². The van der Waals surface area contributed by atoms with E-state index in [4.69, 9.17) is 23.2 Å². The van der Waals surface area contributed by atoms with Crippen LogP contribution >= 0.6 is 23.2 Å². The number of carbonyl (C=O) groups is 1. The largest absolute Gasteiger partial charge is 0.271 e. The quantitative estimate of drug-likeness (QED) is 0.524. The molecule has 0 aliphatic rings. The first kappa shape index (κ1) is 18.2. The first-order chi connectivity index (χ1) is 12.5. The molecule has 0 aliphatic heterocycles. The van der Waals surface area contributed by atoms with Crippen molar-refractivity contribution in [3.8, 4) is 0 Å². The van der Waals surface area contributed by atoms with E-state index >= 15 is 0 Å². The summed E-state index contributed by atoms with van der Waals surface area (Å²) < 4.78 is 1.68. The highest BCUT2D eigenvalue weighted by Crippen LogP contribution is 2.20. The third kappa shape index (κ3) is 4.31. The second-order valence-electron chi connectivity index (χ2n) is 5.64. The molecule has 0 atom stereocenters. The molecule has 132 valence electrons. The average molecular weight is 387 g/mol. The van der Waals surface area contributed by atoms with Gasteiger partial charge in [0.2, 0.25) is 0 Å². The van der Waals surface area contributed by atoms with Gasteiger partial charge in [-0.2, -0.15) is 10.2 Å². The molecule has 0 bridgehead atoms. The molecule has 0 fully saturated rings. The molecule has 3 aromatic rings. The number of aryl methyl sites for hydroxylation is 1. The number of benzene rings is 2. The van der Waals surface area contributed by atoms with Gasteiger partial charge in [-0.25, -0.2) is 10.1 Å². The van der Waals surface area contributed by atoms with Crippen LogP contribution in [0.2, 0.25) is 10.2 Å². The fourth-order valence-electron chi connectivity index (χ4n) is 2.39. The molecule has 0 spiro atoms. The molecular formula is C19H16Cl2N4O. The van der Waals surface area contributed by atoms with Crippen molar-refractivity contribution in [3.05, 3.63) is 87.2 Å². The molecule has 1 N–H and O–H groups in total. The number of hydrogen-bond donors (Lipinski definition) is 1.